The number of carbonyl (C=O) groups is 10. The summed E-state index contributed by atoms with van der Waals surface area (Å²) in [5.41, 5.74) is 22.6. The number of fused-ring (bicyclic) bond motifs is 1. The lowest BCUT2D eigenvalue weighted by Gasteiger charge is -2.25. The molecule has 2 unspecified atom stereocenters. The molecule has 0 spiro atoms. The number of carbonyl (C=O) groups excluding carboxylic acids is 10. The Morgan fingerprint density at radius 1 is 0.328 bits per heavy atom. The van der Waals surface area contributed by atoms with Gasteiger partial charge in [-0.25, -0.2) is 0 Å². The van der Waals surface area contributed by atoms with Gasteiger partial charge in [0, 0.05) is 141 Å². The van der Waals surface area contributed by atoms with E-state index < -0.39 is 24.3 Å². The first-order valence-corrected chi connectivity index (χ1v) is 49.4. The van der Waals surface area contributed by atoms with Crippen LogP contribution < -0.4 is 59.7 Å². The summed E-state index contributed by atoms with van der Waals surface area (Å²) in [6.07, 6.45) is 17.1. The molecule has 0 heterocycles. The zero-order valence-electron chi connectivity index (χ0n) is 85.6. The van der Waals surface area contributed by atoms with Crippen molar-refractivity contribution < 1.29 is 58.2 Å². The van der Waals surface area contributed by atoms with Crippen LogP contribution >= 0.6 is 0 Å². The van der Waals surface area contributed by atoms with Gasteiger partial charge in [-0.2, -0.15) is 0 Å². The van der Waals surface area contributed by atoms with Crippen LogP contribution in [0, 0.1) is 59.2 Å². The van der Waals surface area contributed by atoms with Crippen molar-refractivity contribution in [3.05, 3.63) is 150 Å². The molecule has 3 aromatic carbocycles. The minimum atomic E-state index is -0.795. The second-order valence-electron chi connectivity index (χ2n) is 39.3. The van der Waals surface area contributed by atoms with Crippen molar-refractivity contribution in [2.24, 2.45) is 76.4 Å². The van der Waals surface area contributed by atoms with Gasteiger partial charge in [0.05, 0.1) is 59.9 Å². The quantitative estimate of drug-likeness (QED) is 0.0233. The van der Waals surface area contributed by atoms with E-state index in [4.69, 9.17) is 17.2 Å². The van der Waals surface area contributed by atoms with Gasteiger partial charge in [-0.3, -0.25) is 47.9 Å². The average Bonchev–Trinajstić information content (AvgIpc) is 1.68. The molecule has 23 nitrogen and oxygen atoms in total. The molecule has 4 rings (SSSR count). The summed E-state index contributed by atoms with van der Waals surface area (Å²) < 4.78 is 0. The number of unbranched alkanes of at least 4 members (excludes halogenated alkanes) is 4. The Balaban J connectivity index is 0.00000162. The van der Waals surface area contributed by atoms with Crippen molar-refractivity contribution in [2.45, 2.75) is 386 Å². The predicted molar refractivity (Wildman–Crippen MR) is 541 cm³/mol. The SMILES string of the molecule is C=C(N)NCCC[C@H](CC(=O)[C@@H](NC(C)C)C(C)O)C(=O)C(C)C.C=C(N)NCCC[C@H](CC(=O)[C@H](CC1=CCc2ccccc21)NC(C)C)C(=O)C(C)C.C=C(N)NCCC[C@H](CC(=O)[C@H](Cc1ccccc1)NC(C)C)C(=O)C(C)C.CCCCC[C@H](CC(=O)[C@@H](NC(C)C)C(C)O)C(=O)C(C)C.CCCCC[C@H](CC(=O)[C@H](Cc1ccccc1)NC(C)C)C(=O)C(C)C. The van der Waals surface area contributed by atoms with E-state index in [1.54, 1.807) is 13.8 Å². The van der Waals surface area contributed by atoms with Crippen LogP contribution in [0.15, 0.2) is 128 Å². The summed E-state index contributed by atoms with van der Waals surface area (Å²) in [5, 5.41) is 45.0. The van der Waals surface area contributed by atoms with Gasteiger partial charge in [-0.1, -0.05) is 302 Å². The van der Waals surface area contributed by atoms with E-state index in [-0.39, 0.29) is 191 Å². The zero-order chi connectivity index (χ0) is 99.7. The minimum absolute atomic E-state index is 0.0138. The van der Waals surface area contributed by atoms with Crippen LogP contribution in [0.4, 0.5) is 0 Å². The zero-order valence-corrected chi connectivity index (χ0v) is 85.6. The number of hydrogen-bond donors (Lipinski definition) is 13. The second kappa shape index (κ2) is 68.8. The number of rotatable bonds is 66. The fourth-order valence-electron chi connectivity index (χ4n) is 16.2. The molecule has 1 aliphatic rings. The summed E-state index contributed by atoms with van der Waals surface area (Å²) in [4.78, 5) is 127. The lowest BCUT2D eigenvalue weighted by atomic mass is 9.84. The summed E-state index contributed by atoms with van der Waals surface area (Å²) in [5.74, 6) is 0.701. The van der Waals surface area contributed by atoms with Gasteiger partial charge in [0.15, 0.2) is 28.9 Å². The first kappa shape index (κ1) is 123. The van der Waals surface area contributed by atoms with Gasteiger partial charge in [-0.05, 0) is 119 Å². The Labute approximate surface area is 792 Å². The van der Waals surface area contributed by atoms with Gasteiger partial charge in [-0.15, -0.1) is 0 Å². The fourth-order valence-corrected chi connectivity index (χ4v) is 16.2. The van der Waals surface area contributed by atoms with Crippen LogP contribution in [0.2, 0.25) is 0 Å². The smallest absolute Gasteiger partial charge is 0.153 e. The van der Waals surface area contributed by atoms with Crippen molar-refractivity contribution in [2.75, 3.05) is 19.6 Å². The van der Waals surface area contributed by atoms with Crippen LogP contribution in [0.25, 0.3) is 5.57 Å². The molecule has 0 bridgehead atoms. The van der Waals surface area contributed by atoms with Crippen LogP contribution in [0.3, 0.4) is 0 Å². The molecular weight excluding hydrogens is 1640 g/mol. The van der Waals surface area contributed by atoms with E-state index >= 15 is 0 Å². The number of Topliss-reactive ketones (excluding diaryl/α,β-unsaturated/α-hetero) is 10. The Morgan fingerprint density at radius 3 is 0.832 bits per heavy atom. The second-order valence-corrected chi connectivity index (χ2v) is 39.3. The number of aliphatic hydroxyl groups is 2. The van der Waals surface area contributed by atoms with Crippen molar-refractivity contribution >= 4 is 63.4 Å². The molecule has 742 valence electrons. The van der Waals surface area contributed by atoms with Gasteiger partial charge < -0.3 is 69.9 Å². The molecule has 131 heavy (non-hydrogen) atoms. The summed E-state index contributed by atoms with van der Waals surface area (Å²) >= 11 is 0. The molecule has 23 heteroatoms. The van der Waals surface area contributed by atoms with Gasteiger partial charge in [0.2, 0.25) is 0 Å². The maximum absolute atomic E-state index is 13.4. The Kier molecular flexibility index (Phi) is 64.5. The highest BCUT2D eigenvalue weighted by molar-refractivity contribution is 5.95. The number of benzene rings is 3. The highest BCUT2D eigenvalue weighted by atomic mass is 16.3. The molecule has 0 aromatic heterocycles. The first-order valence-electron chi connectivity index (χ1n) is 49.4. The molecule has 12 atom stereocenters. The highest BCUT2D eigenvalue weighted by Gasteiger charge is 2.36. The summed E-state index contributed by atoms with van der Waals surface area (Å²) in [6, 6.07) is 27.2. The third-order valence-electron chi connectivity index (χ3n) is 23.0. The topological polar surface area (TPSA) is 385 Å². The third-order valence-corrected chi connectivity index (χ3v) is 23.0. The minimum Gasteiger partial charge on any atom is -0.391 e. The molecule has 0 fully saturated rings. The molecule has 3 aromatic rings. The third kappa shape index (κ3) is 54.7. The van der Waals surface area contributed by atoms with E-state index in [1.165, 1.54) is 16.7 Å². The van der Waals surface area contributed by atoms with Crippen molar-refractivity contribution in [3.8, 4) is 0 Å². The number of nitrogens with two attached hydrogens (primary N) is 3. The molecule has 1 aliphatic carbocycles. The van der Waals surface area contributed by atoms with Crippen LogP contribution in [0.1, 0.15) is 317 Å². The molecule has 0 aliphatic heterocycles. The van der Waals surface area contributed by atoms with Crippen molar-refractivity contribution in [1.82, 2.24) is 42.5 Å². The van der Waals surface area contributed by atoms with E-state index in [0.29, 0.717) is 82.0 Å². The predicted octanol–water partition coefficient (Wildman–Crippen LogP) is 16.6. The number of allylic oxidation sites excluding steroid dienone is 1. The molecule has 0 radical (unpaired) electrons. The standard InChI is InChI=1S/C26H39N3O2.C23H37N3O2.C23H37NO2.C18H35N3O3.C18H35NO3/c1-17(2)26(31)22(10-8-14-28-19(5)27)16-25(30)24(29-18(3)4)15-21-13-12-20-9-6-7-11-23(20)21;1-16(2)23(28)20(12-9-13-25-18(5)24)15-22(27)21(26-17(3)4)14-19-10-7-6-8-11-19;1-6-7-9-14-20(23(26)17(2)3)16-22(25)21(24-18(4)5)15-19-12-10-8-11-13-19;1-11(2)18(24)15(8-7-9-20-14(6)19)10-16(23)17(13(5)22)21-12(3)4;1-7-8-9-10-15(18(22)12(2)3)11-16(21)17(14(6)20)19-13(4)5/h6-7,9,11,13,17-18,22,24,28-29H,5,8,10,12,14-16,27H2,1-4H3;6-8,10-11,16-17,20-21,25-26H,5,9,12-15,24H2,1-4H3;8,10-13,17-18,20-21,24H,6-7,9,14-16H2,1-5H3;11-13,15,17,20-22H,6-10,19H2,1-5H3;12-15,17,19-20H,7-11H2,1-6H3/t22-,24+;2*20-,21+;13?,15-,17+;14?,15-,17+/m11111/s1. The van der Waals surface area contributed by atoms with E-state index in [0.717, 1.165) is 88.2 Å². The monoisotopic (exact) mass is 1830 g/mol. The first-order chi connectivity index (χ1) is 61.5. The summed E-state index contributed by atoms with van der Waals surface area (Å²) in [6.45, 7) is 59.2. The molecule has 0 saturated heterocycles. The normalized spacial score (nSPS) is 14.5. The average molecular weight is 1830 g/mol. The Bertz CT molecular complexity index is 3850. The fraction of sp³-hybridized carbons (Fsp3) is 0.667. The number of nitrogens with one attached hydrogen (secondary N) is 8. The number of hydrogen-bond acceptors (Lipinski definition) is 23. The Morgan fingerprint density at radius 2 is 0.580 bits per heavy atom. The lowest BCUT2D eigenvalue weighted by molar-refractivity contribution is -0.132. The van der Waals surface area contributed by atoms with E-state index in [2.05, 4.69) is 140 Å². The van der Waals surface area contributed by atoms with Crippen LogP contribution in [-0.4, -0.2) is 160 Å². The largest absolute Gasteiger partial charge is 0.391 e. The van der Waals surface area contributed by atoms with Gasteiger partial charge in [0.1, 0.15) is 28.9 Å². The van der Waals surface area contributed by atoms with Crippen LogP contribution in [0.5, 0.6) is 0 Å². The van der Waals surface area contributed by atoms with Gasteiger partial charge >= 0.3 is 0 Å². The van der Waals surface area contributed by atoms with Crippen LogP contribution in [-0.2, 0) is 67.2 Å². The molecule has 0 saturated carbocycles. The molecule has 16 N–H and O–H groups in total. The number of aliphatic hydroxyl groups excluding tert-OH is 2. The van der Waals surface area contributed by atoms with Gasteiger partial charge in [0.25, 0.3) is 0 Å². The summed E-state index contributed by atoms with van der Waals surface area (Å²) in [7, 11) is 0. The van der Waals surface area contributed by atoms with Crippen molar-refractivity contribution in [3.63, 3.8) is 0 Å². The van der Waals surface area contributed by atoms with E-state index in [9.17, 15) is 58.2 Å². The lowest BCUT2D eigenvalue weighted by Crippen LogP contribution is -2.48. The maximum Gasteiger partial charge on any atom is 0.153 e. The van der Waals surface area contributed by atoms with Crippen molar-refractivity contribution in [1.29, 1.82) is 0 Å². The number of ketones is 10. The van der Waals surface area contributed by atoms with E-state index in [1.807, 2.05) is 165 Å². The molecular formula is C108H183N11O12. The Hall–Kier alpha value is -8.16. The molecule has 0 amide bonds. The highest BCUT2D eigenvalue weighted by Crippen LogP contribution is 2.33. The maximum atomic E-state index is 13.4.